The third-order valence-electron chi connectivity index (χ3n) is 4.89. The molecule has 6 heteroatoms. The highest BCUT2D eigenvalue weighted by Crippen LogP contribution is 2.16. The summed E-state index contributed by atoms with van der Waals surface area (Å²) >= 11 is 0. The van der Waals surface area contributed by atoms with Crippen LogP contribution in [0.1, 0.15) is 37.8 Å². The van der Waals surface area contributed by atoms with Crippen molar-refractivity contribution in [1.82, 2.24) is 10.2 Å². The standard InChI is InChI=1S/C24H32N2O4/c1-5-6-15-25-24(28)19(3)26(16-20-9-13-21(29-4)14-10-20)23(27)17-30-22-11-7-18(2)8-12-22/h7-14,19H,5-6,15-17H2,1-4H3,(H,25,28)/t19-/m0/s1. The molecule has 0 bridgehead atoms. The second-order valence-corrected chi connectivity index (χ2v) is 7.29. The number of nitrogens with one attached hydrogen (secondary N) is 1. The number of benzene rings is 2. The zero-order valence-corrected chi connectivity index (χ0v) is 18.3. The normalized spacial score (nSPS) is 11.5. The minimum Gasteiger partial charge on any atom is -0.497 e. The van der Waals surface area contributed by atoms with Crippen LogP contribution in [-0.2, 0) is 16.1 Å². The smallest absolute Gasteiger partial charge is 0.261 e. The van der Waals surface area contributed by atoms with Crippen LogP contribution in [-0.4, -0.2) is 43.0 Å². The number of aryl methyl sites for hydroxylation is 1. The molecule has 0 heterocycles. The van der Waals surface area contributed by atoms with Gasteiger partial charge in [0.1, 0.15) is 17.5 Å². The largest absolute Gasteiger partial charge is 0.497 e. The maximum absolute atomic E-state index is 13.0. The van der Waals surface area contributed by atoms with Gasteiger partial charge in [0.05, 0.1) is 7.11 Å². The summed E-state index contributed by atoms with van der Waals surface area (Å²) in [6, 6.07) is 14.4. The van der Waals surface area contributed by atoms with E-state index in [1.54, 1.807) is 18.9 Å². The third-order valence-corrected chi connectivity index (χ3v) is 4.89. The summed E-state index contributed by atoms with van der Waals surface area (Å²) in [5.74, 6) is 0.952. The minimum atomic E-state index is -0.613. The first kappa shape index (κ1) is 23.3. The van der Waals surface area contributed by atoms with Crippen molar-refractivity contribution in [3.63, 3.8) is 0 Å². The molecule has 0 spiro atoms. The quantitative estimate of drug-likeness (QED) is 0.571. The number of methoxy groups -OCH3 is 1. The van der Waals surface area contributed by atoms with E-state index in [9.17, 15) is 9.59 Å². The number of carbonyl (C=O) groups is 2. The fourth-order valence-electron chi connectivity index (χ4n) is 2.91. The van der Waals surface area contributed by atoms with E-state index in [1.807, 2.05) is 55.5 Å². The molecule has 0 aliphatic rings. The van der Waals surface area contributed by atoms with Crippen molar-refractivity contribution in [1.29, 1.82) is 0 Å². The van der Waals surface area contributed by atoms with E-state index < -0.39 is 6.04 Å². The van der Waals surface area contributed by atoms with Crippen LogP contribution in [0.3, 0.4) is 0 Å². The first-order chi connectivity index (χ1) is 14.4. The maximum Gasteiger partial charge on any atom is 0.261 e. The summed E-state index contributed by atoms with van der Waals surface area (Å²) in [5, 5.41) is 2.91. The number of nitrogens with zero attached hydrogens (tertiary/aromatic N) is 1. The molecule has 1 N–H and O–H groups in total. The van der Waals surface area contributed by atoms with E-state index in [4.69, 9.17) is 9.47 Å². The third kappa shape index (κ3) is 7.10. The number of rotatable bonds is 11. The van der Waals surface area contributed by atoms with Crippen molar-refractivity contribution >= 4 is 11.8 Å². The van der Waals surface area contributed by atoms with E-state index in [-0.39, 0.29) is 18.4 Å². The van der Waals surface area contributed by atoms with Crippen molar-refractivity contribution in [2.24, 2.45) is 0 Å². The van der Waals surface area contributed by atoms with E-state index in [1.165, 1.54) is 0 Å². The number of carbonyl (C=O) groups excluding carboxylic acids is 2. The van der Waals surface area contributed by atoms with Gasteiger partial charge in [-0.2, -0.15) is 0 Å². The lowest BCUT2D eigenvalue weighted by atomic mass is 10.1. The Morgan fingerprint density at radius 2 is 1.67 bits per heavy atom. The number of hydrogen-bond donors (Lipinski definition) is 1. The topological polar surface area (TPSA) is 67.9 Å². The summed E-state index contributed by atoms with van der Waals surface area (Å²) < 4.78 is 10.9. The number of amides is 2. The zero-order chi connectivity index (χ0) is 21.9. The monoisotopic (exact) mass is 412 g/mol. The molecule has 2 amide bonds. The number of unbranched alkanes of at least 4 members (excludes halogenated alkanes) is 1. The lowest BCUT2D eigenvalue weighted by Gasteiger charge is -2.28. The van der Waals surface area contributed by atoms with Gasteiger partial charge in [-0.05, 0) is 50.1 Å². The van der Waals surface area contributed by atoms with Gasteiger partial charge in [0.25, 0.3) is 5.91 Å². The SMILES string of the molecule is CCCCNC(=O)[C@H](C)N(Cc1ccc(OC)cc1)C(=O)COc1ccc(C)cc1. The molecule has 6 nitrogen and oxygen atoms in total. The Hall–Kier alpha value is -3.02. The maximum atomic E-state index is 13.0. The van der Waals surface area contributed by atoms with Gasteiger partial charge in [0.15, 0.2) is 6.61 Å². The second-order valence-electron chi connectivity index (χ2n) is 7.29. The van der Waals surface area contributed by atoms with Gasteiger partial charge in [0.2, 0.25) is 5.91 Å². The van der Waals surface area contributed by atoms with Crippen LogP contribution < -0.4 is 14.8 Å². The molecular formula is C24H32N2O4. The van der Waals surface area contributed by atoms with Crippen LogP contribution >= 0.6 is 0 Å². The van der Waals surface area contributed by atoms with Crippen molar-refractivity contribution in [3.05, 3.63) is 59.7 Å². The van der Waals surface area contributed by atoms with E-state index in [0.29, 0.717) is 18.8 Å². The van der Waals surface area contributed by atoms with E-state index in [2.05, 4.69) is 12.2 Å². The second kappa shape index (κ2) is 11.9. The lowest BCUT2D eigenvalue weighted by Crippen LogP contribution is -2.49. The molecule has 2 aromatic carbocycles. The highest BCUT2D eigenvalue weighted by atomic mass is 16.5. The Bertz CT molecular complexity index is 803. The van der Waals surface area contributed by atoms with Gasteiger partial charge in [-0.15, -0.1) is 0 Å². The van der Waals surface area contributed by atoms with Gasteiger partial charge < -0.3 is 19.7 Å². The summed E-state index contributed by atoms with van der Waals surface area (Å²) in [7, 11) is 1.61. The molecular weight excluding hydrogens is 380 g/mol. The van der Waals surface area contributed by atoms with Gasteiger partial charge in [-0.1, -0.05) is 43.2 Å². The summed E-state index contributed by atoms with van der Waals surface area (Å²) in [6.07, 6.45) is 1.90. The van der Waals surface area contributed by atoms with E-state index in [0.717, 1.165) is 29.7 Å². The summed E-state index contributed by atoms with van der Waals surface area (Å²) in [6.45, 7) is 6.58. The molecule has 2 aromatic rings. The number of ether oxygens (including phenoxy) is 2. The Morgan fingerprint density at radius 3 is 2.27 bits per heavy atom. The predicted octanol–water partition coefficient (Wildman–Crippen LogP) is 3.72. The highest BCUT2D eigenvalue weighted by molar-refractivity contribution is 5.87. The van der Waals surface area contributed by atoms with E-state index >= 15 is 0 Å². The summed E-state index contributed by atoms with van der Waals surface area (Å²) in [5.41, 5.74) is 2.03. The molecule has 2 rings (SSSR count). The van der Waals surface area contributed by atoms with Gasteiger partial charge in [-0.3, -0.25) is 9.59 Å². The average molecular weight is 413 g/mol. The van der Waals surface area contributed by atoms with Gasteiger partial charge in [-0.25, -0.2) is 0 Å². The molecule has 30 heavy (non-hydrogen) atoms. The lowest BCUT2D eigenvalue weighted by molar-refractivity contribution is -0.142. The van der Waals surface area contributed by atoms with Gasteiger partial charge >= 0.3 is 0 Å². The first-order valence-electron chi connectivity index (χ1n) is 10.3. The van der Waals surface area contributed by atoms with Crippen LogP contribution in [0.15, 0.2) is 48.5 Å². The highest BCUT2D eigenvalue weighted by Gasteiger charge is 2.26. The Morgan fingerprint density at radius 1 is 1.03 bits per heavy atom. The molecule has 0 saturated carbocycles. The zero-order valence-electron chi connectivity index (χ0n) is 18.3. The fraction of sp³-hybridized carbons (Fsp3) is 0.417. The van der Waals surface area contributed by atoms with Crippen molar-refractivity contribution in [3.8, 4) is 11.5 Å². The van der Waals surface area contributed by atoms with Crippen LogP contribution in [0, 0.1) is 6.92 Å². The van der Waals surface area contributed by atoms with Crippen molar-refractivity contribution in [2.75, 3.05) is 20.3 Å². The molecule has 1 atom stereocenters. The summed E-state index contributed by atoms with van der Waals surface area (Å²) in [4.78, 5) is 27.1. The average Bonchev–Trinajstić information content (AvgIpc) is 2.77. The Labute approximate surface area is 179 Å². The number of hydrogen-bond acceptors (Lipinski definition) is 4. The van der Waals surface area contributed by atoms with Crippen LogP contribution in [0.5, 0.6) is 11.5 Å². The molecule has 162 valence electrons. The van der Waals surface area contributed by atoms with Crippen LogP contribution in [0.25, 0.3) is 0 Å². The van der Waals surface area contributed by atoms with Crippen LogP contribution in [0.4, 0.5) is 0 Å². The molecule has 0 aromatic heterocycles. The van der Waals surface area contributed by atoms with Crippen LogP contribution in [0.2, 0.25) is 0 Å². The molecule has 0 fully saturated rings. The predicted molar refractivity (Wildman–Crippen MR) is 118 cm³/mol. The molecule has 0 aliphatic heterocycles. The molecule has 0 aliphatic carbocycles. The molecule has 0 unspecified atom stereocenters. The molecule has 0 saturated heterocycles. The first-order valence-corrected chi connectivity index (χ1v) is 10.3. The fourth-order valence-corrected chi connectivity index (χ4v) is 2.91. The minimum absolute atomic E-state index is 0.133. The molecule has 0 radical (unpaired) electrons. The van der Waals surface area contributed by atoms with Gasteiger partial charge in [0, 0.05) is 13.1 Å². The van der Waals surface area contributed by atoms with Crippen molar-refractivity contribution < 1.29 is 19.1 Å². The Balaban J connectivity index is 2.10. The Kier molecular flexibility index (Phi) is 9.19. The van der Waals surface area contributed by atoms with Crippen molar-refractivity contribution in [2.45, 2.75) is 46.2 Å².